The Morgan fingerprint density at radius 3 is 2.78 bits per heavy atom. The van der Waals surface area contributed by atoms with Crippen LogP contribution in [0.1, 0.15) is 35.1 Å². The second-order valence-corrected chi connectivity index (χ2v) is 6.15. The van der Waals surface area contributed by atoms with E-state index in [1.54, 1.807) is 6.92 Å². The highest BCUT2D eigenvalue weighted by molar-refractivity contribution is 7.17. The quantitative estimate of drug-likeness (QED) is 0.787. The van der Waals surface area contributed by atoms with E-state index in [0.717, 1.165) is 28.8 Å². The van der Waals surface area contributed by atoms with Gasteiger partial charge < -0.3 is 9.80 Å². The van der Waals surface area contributed by atoms with E-state index in [1.807, 2.05) is 6.92 Å². The van der Waals surface area contributed by atoms with Crippen molar-refractivity contribution in [2.45, 2.75) is 32.7 Å². The van der Waals surface area contributed by atoms with Gasteiger partial charge in [-0.25, -0.2) is 4.98 Å². The molecule has 0 bridgehead atoms. The largest absolute Gasteiger partial charge is 0.347 e. The monoisotopic (exact) mass is 267 g/mol. The number of carbonyl (C=O) groups is 1. The molecule has 1 aliphatic heterocycles. The average molecular weight is 267 g/mol. The minimum absolute atomic E-state index is 0.123. The maximum Gasteiger partial charge on any atom is 0.186 e. The minimum Gasteiger partial charge on any atom is -0.347 e. The Labute approximate surface area is 113 Å². The summed E-state index contributed by atoms with van der Waals surface area (Å²) in [6, 6.07) is 0.587. The van der Waals surface area contributed by atoms with Crippen LogP contribution in [0.2, 0.25) is 0 Å². The van der Waals surface area contributed by atoms with Gasteiger partial charge in [-0.1, -0.05) is 11.3 Å². The van der Waals surface area contributed by atoms with Crippen LogP contribution in [0.25, 0.3) is 0 Å². The number of ketones is 1. The number of likely N-dealkylation sites (N-methyl/N-ethyl adjacent to an activating group) is 1. The summed E-state index contributed by atoms with van der Waals surface area (Å²) in [5.74, 6) is 0.123. The molecule has 1 unspecified atom stereocenters. The van der Waals surface area contributed by atoms with Crippen LogP contribution in [0.15, 0.2) is 0 Å². The van der Waals surface area contributed by atoms with E-state index in [-0.39, 0.29) is 5.78 Å². The molecule has 0 aliphatic carbocycles. The number of anilines is 1. The molecule has 1 aromatic rings. The maximum absolute atomic E-state index is 11.5. The van der Waals surface area contributed by atoms with Gasteiger partial charge in [0.05, 0.1) is 10.6 Å². The van der Waals surface area contributed by atoms with Crippen LogP contribution in [-0.4, -0.2) is 48.9 Å². The molecule has 100 valence electrons. The van der Waals surface area contributed by atoms with Gasteiger partial charge in [0.25, 0.3) is 0 Å². The molecule has 18 heavy (non-hydrogen) atoms. The van der Waals surface area contributed by atoms with Crippen molar-refractivity contribution in [3.8, 4) is 0 Å². The second-order valence-electron chi connectivity index (χ2n) is 5.17. The fraction of sp³-hybridized carbons (Fsp3) is 0.692. The zero-order chi connectivity index (χ0) is 13.3. The number of thiazole rings is 1. The van der Waals surface area contributed by atoms with Crippen LogP contribution < -0.4 is 4.90 Å². The van der Waals surface area contributed by atoms with E-state index in [1.165, 1.54) is 24.2 Å². The number of Topliss-reactive ketones (excluding diaryl/α,β-unsaturated/α-hetero) is 1. The molecule has 2 heterocycles. The maximum atomic E-state index is 11.5. The van der Waals surface area contributed by atoms with Gasteiger partial charge in [-0.3, -0.25) is 4.79 Å². The zero-order valence-electron chi connectivity index (χ0n) is 11.6. The molecular formula is C13H21N3OS. The lowest BCUT2D eigenvalue weighted by atomic mass is 10.1. The van der Waals surface area contributed by atoms with Gasteiger partial charge in [-0.2, -0.15) is 0 Å². The molecule has 0 radical (unpaired) electrons. The smallest absolute Gasteiger partial charge is 0.186 e. The number of rotatable bonds is 3. The number of aromatic nitrogens is 1. The van der Waals surface area contributed by atoms with Crippen molar-refractivity contribution >= 4 is 22.3 Å². The van der Waals surface area contributed by atoms with E-state index in [0.29, 0.717) is 6.04 Å². The fourth-order valence-corrected chi connectivity index (χ4v) is 3.39. The van der Waals surface area contributed by atoms with Crippen molar-refractivity contribution in [3.63, 3.8) is 0 Å². The molecule has 0 spiro atoms. The third kappa shape index (κ3) is 2.72. The predicted octanol–water partition coefficient (Wildman–Crippen LogP) is 2.18. The number of hydrogen-bond acceptors (Lipinski definition) is 5. The van der Waals surface area contributed by atoms with Crippen molar-refractivity contribution < 1.29 is 4.79 Å². The molecule has 1 aliphatic rings. The molecule has 0 saturated carbocycles. The lowest BCUT2D eigenvalue weighted by molar-refractivity contribution is 0.102. The normalized spacial score (nSPS) is 20.5. The van der Waals surface area contributed by atoms with Crippen LogP contribution in [0.4, 0.5) is 5.13 Å². The first kappa shape index (κ1) is 13.5. The van der Waals surface area contributed by atoms with Crippen LogP contribution >= 0.6 is 11.3 Å². The summed E-state index contributed by atoms with van der Waals surface area (Å²) in [5.41, 5.74) is 0.870. The SMILES string of the molecule is CC(=O)c1sc(N2CCCC(N(C)C)C2)nc1C. The summed E-state index contributed by atoms with van der Waals surface area (Å²) in [7, 11) is 4.25. The number of hydrogen-bond donors (Lipinski definition) is 0. The van der Waals surface area contributed by atoms with Crippen LogP contribution in [0, 0.1) is 6.92 Å². The van der Waals surface area contributed by atoms with Gasteiger partial charge >= 0.3 is 0 Å². The molecule has 0 aromatic carbocycles. The van der Waals surface area contributed by atoms with Gasteiger partial charge in [0.1, 0.15) is 0 Å². The summed E-state index contributed by atoms with van der Waals surface area (Å²) in [6.07, 6.45) is 2.43. The van der Waals surface area contributed by atoms with Crippen molar-refractivity contribution in [3.05, 3.63) is 10.6 Å². The molecule has 4 nitrogen and oxygen atoms in total. The number of piperidine rings is 1. The molecule has 1 aromatic heterocycles. The molecule has 1 atom stereocenters. The third-order valence-electron chi connectivity index (χ3n) is 3.50. The molecule has 0 amide bonds. The van der Waals surface area contributed by atoms with Crippen molar-refractivity contribution in [1.29, 1.82) is 0 Å². The molecule has 5 heteroatoms. The third-order valence-corrected chi connectivity index (χ3v) is 4.82. The van der Waals surface area contributed by atoms with E-state index in [2.05, 4.69) is 28.9 Å². The highest BCUT2D eigenvalue weighted by atomic mass is 32.1. The van der Waals surface area contributed by atoms with Gasteiger partial charge in [0.15, 0.2) is 10.9 Å². The Hall–Kier alpha value is -0.940. The second kappa shape index (κ2) is 5.36. The average Bonchev–Trinajstić information content (AvgIpc) is 2.71. The summed E-state index contributed by atoms with van der Waals surface area (Å²) < 4.78 is 0. The van der Waals surface area contributed by atoms with Crippen LogP contribution in [0.5, 0.6) is 0 Å². The summed E-state index contributed by atoms with van der Waals surface area (Å²) >= 11 is 1.53. The molecule has 1 saturated heterocycles. The number of aryl methyl sites for hydroxylation is 1. The van der Waals surface area contributed by atoms with Gasteiger partial charge in [0, 0.05) is 26.1 Å². The highest BCUT2D eigenvalue weighted by Crippen LogP contribution is 2.29. The first-order valence-corrected chi connectivity index (χ1v) is 7.20. The first-order valence-electron chi connectivity index (χ1n) is 6.38. The highest BCUT2D eigenvalue weighted by Gasteiger charge is 2.24. The van der Waals surface area contributed by atoms with Crippen LogP contribution in [-0.2, 0) is 0 Å². The Balaban J connectivity index is 2.16. The standard InChI is InChI=1S/C13H21N3OS/c1-9-12(10(2)17)18-13(14-9)16-7-5-6-11(8-16)15(3)4/h11H,5-8H2,1-4H3. The number of nitrogens with zero attached hydrogens (tertiary/aromatic N) is 3. The molecule has 0 N–H and O–H groups in total. The summed E-state index contributed by atoms with van der Waals surface area (Å²) in [4.78, 5) is 21.4. The van der Waals surface area contributed by atoms with E-state index in [9.17, 15) is 4.79 Å². The van der Waals surface area contributed by atoms with E-state index in [4.69, 9.17) is 0 Å². The topological polar surface area (TPSA) is 36.4 Å². The number of carbonyl (C=O) groups excluding carboxylic acids is 1. The zero-order valence-corrected chi connectivity index (χ0v) is 12.4. The summed E-state index contributed by atoms with van der Waals surface area (Å²) in [5, 5.41) is 1.00. The van der Waals surface area contributed by atoms with Crippen molar-refractivity contribution in [2.24, 2.45) is 0 Å². The fourth-order valence-electron chi connectivity index (χ4n) is 2.39. The molecule has 1 fully saturated rings. The van der Waals surface area contributed by atoms with E-state index >= 15 is 0 Å². The van der Waals surface area contributed by atoms with E-state index < -0.39 is 0 Å². The first-order chi connectivity index (χ1) is 8.49. The van der Waals surface area contributed by atoms with Crippen molar-refractivity contribution in [1.82, 2.24) is 9.88 Å². The minimum atomic E-state index is 0.123. The lowest BCUT2D eigenvalue weighted by Gasteiger charge is -2.35. The van der Waals surface area contributed by atoms with Gasteiger partial charge in [0.2, 0.25) is 0 Å². The Morgan fingerprint density at radius 2 is 2.22 bits per heavy atom. The molecule has 2 rings (SSSR count). The lowest BCUT2D eigenvalue weighted by Crippen LogP contribution is -2.45. The van der Waals surface area contributed by atoms with Crippen molar-refractivity contribution in [2.75, 3.05) is 32.1 Å². The summed E-state index contributed by atoms with van der Waals surface area (Å²) in [6.45, 7) is 5.60. The van der Waals surface area contributed by atoms with Crippen LogP contribution in [0.3, 0.4) is 0 Å². The van der Waals surface area contributed by atoms with Gasteiger partial charge in [-0.05, 0) is 33.9 Å². The predicted molar refractivity (Wildman–Crippen MR) is 75.8 cm³/mol. The Morgan fingerprint density at radius 1 is 1.50 bits per heavy atom. The Kier molecular flexibility index (Phi) is 4.02. The van der Waals surface area contributed by atoms with Gasteiger partial charge in [-0.15, -0.1) is 0 Å². The Bertz CT molecular complexity index is 441. The molecular weight excluding hydrogens is 246 g/mol.